The van der Waals surface area contributed by atoms with Gasteiger partial charge in [0.25, 0.3) is 0 Å². The highest BCUT2D eigenvalue weighted by Crippen LogP contribution is 2.32. The maximum Gasteiger partial charge on any atom is 0.248 e. The van der Waals surface area contributed by atoms with E-state index in [0.29, 0.717) is 42.1 Å². The number of carbonyl (C=O) groups is 2. The maximum atomic E-state index is 13.1. The first-order valence-electron chi connectivity index (χ1n) is 9.69. The van der Waals surface area contributed by atoms with Gasteiger partial charge in [0.1, 0.15) is 0 Å². The van der Waals surface area contributed by atoms with Crippen LogP contribution >= 0.6 is 0 Å². The van der Waals surface area contributed by atoms with E-state index in [-0.39, 0.29) is 17.3 Å². The van der Waals surface area contributed by atoms with Crippen LogP contribution in [0.4, 0.5) is 5.69 Å². The van der Waals surface area contributed by atoms with Gasteiger partial charge in [-0.15, -0.1) is 0 Å². The minimum absolute atomic E-state index is 0.0713. The number of piperidine rings is 1. The van der Waals surface area contributed by atoms with Crippen LogP contribution < -0.4 is 20.5 Å². The van der Waals surface area contributed by atoms with Gasteiger partial charge in [0.2, 0.25) is 21.8 Å². The van der Waals surface area contributed by atoms with Crippen molar-refractivity contribution in [1.29, 1.82) is 0 Å². The van der Waals surface area contributed by atoms with Gasteiger partial charge in [-0.1, -0.05) is 0 Å². The summed E-state index contributed by atoms with van der Waals surface area (Å²) in [6.07, 6.45) is 1.13. The predicted octanol–water partition coefficient (Wildman–Crippen LogP) is 1.84. The van der Waals surface area contributed by atoms with Crippen molar-refractivity contribution in [3.8, 4) is 11.5 Å². The van der Waals surface area contributed by atoms with Gasteiger partial charge in [-0.3, -0.25) is 9.59 Å². The molecule has 0 radical (unpaired) electrons. The zero-order chi connectivity index (χ0) is 22.6. The van der Waals surface area contributed by atoms with E-state index in [1.165, 1.54) is 48.9 Å². The monoisotopic (exact) mass is 447 g/mol. The lowest BCUT2D eigenvalue weighted by molar-refractivity contribution is -0.120. The molecule has 1 atom stereocenters. The number of rotatable bonds is 7. The molecular formula is C21H25N3O6S. The number of amides is 2. The number of sulfonamides is 1. The first-order chi connectivity index (χ1) is 14.8. The molecule has 1 aliphatic heterocycles. The highest BCUT2D eigenvalue weighted by molar-refractivity contribution is 7.89. The molecule has 1 aliphatic rings. The fourth-order valence-electron chi connectivity index (χ4n) is 3.46. The highest BCUT2D eigenvalue weighted by Gasteiger charge is 2.33. The SMILES string of the molecule is COc1ccc(S(=O)(=O)N2CCC[C@H](C(=O)Nc3ccc(C(N)=O)cc3)C2)cc1OC. The van der Waals surface area contributed by atoms with Gasteiger partial charge in [-0.05, 0) is 49.2 Å². The molecule has 10 heteroatoms. The van der Waals surface area contributed by atoms with E-state index in [2.05, 4.69) is 5.32 Å². The summed E-state index contributed by atoms with van der Waals surface area (Å²) >= 11 is 0. The van der Waals surface area contributed by atoms with Gasteiger partial charge in [0.05, 0.1) is 25.0 Å². The van der Waals surface area contributed by atoms with E-state index in [1.54, 1.807) is 12.1 Å². The van der Waals surface area contributed by atoms with Crippen LogP contribution in [0.5, 0.6) is 11.5 Å². The second-order valence-electron chi connectivity index (χ2n) is 7.15. The molecule has 3 N–H and O–H groups in total. The van der Waals surface area contributed by atoms with Crippen LogP contribution in [0, 0.1) is 5.92 Å². The molecule has 2 aromatic rings. The smallest absolute Gasteiger partial charge is 0.248 e. The van der Waals surface area contributed by atoms with Crippen molar-refractivity contribution < 1.29 is 27.5 Å². The van der Waals surface area contributed by atoms with Crippen molar-refractivity contribution in [1.82, 2.24) is 4.31 Å². The van der Waals surface area contributed by atoms with Gasteiger partial charge < -0.3 is 20.5 Å². The van der Waals surface area contributed by atoms with Crippen molar-refractivity contribution >= 4 is 27.5 Å². The van der Waals surface area contributed by atoms with Crippen molar-refractivity contribution in [2.45, 2.75) is 17.7 Å². The molecule has 0 aliphatic carbocycles. The highest BCUT2D eigenvalue weighted by atomic mass is 32.2. The molecule has 2 aromatic carbocycles. The Morgan fingerprint density at radius 1 is 1.06 bits per heavy atom. The Kier molecular flexibility index (Phi) is 6.81. The summed E-state index contributed by atoms with van der Waals surface area (Å²) in [6.45, 7) is 0.398. The first kappa shape index (κ1) is 22.6. The first-order valence-corrected chi connectivity index (χ1v) is 11.1. The largest absolute Gasteiger partial charge is 0.493 e. The van der Waals surface area contributed by atoms with Gasteiger partial charge in [-0.2, -0.15) is 4.31 Å². The molecule has 9 nitrogen and oxygen atoms in total. The Balaban J connectivity index is 1.73. The summed E-state index contributed by atoms with van der Waals surface area (Å²) in [5, 5.41) is 2.77. The summed E-state index contributed by atoms with van der Waals surface area (Å²) in [5.41, 5.74) is 6.06. The van der Waals surface area contributed by atoms with Crippen LogP contribution in [0.15, 0.2) is 47.4 Å². The molecule has 3 rings (SSSR count). The van der Waals surface area contributed by atoms with E-state index in [4.69, 9.17) is 15.2 Å². The van der Waals surface area contributed by atoms with Crippen LogP contribution in [0.25, 0.3) is 0 Å². The Morgan fingerprint density at radius 3 is 2.35 bits per heavy atom. The number of ether oxygens (including phenoxy) is 2. The minimum Gasteiger partial charge on any atom is -0.493 e. The van der Waals surface area contributed by atoms with Crippen molar-refractivity contribution in [3.63, 3.8) is 0 Å². The van der Waals surface area contributed by atoms with E-state index in [0.717, 1.165) is 0 Å². The molecule has 1 heterocycles. The Morgan fingerprint density at radius 2 is 1.74 bits per heavy atom. The van der Waals surface area contributed by atoms with Crippen LogP contribution in [0.1, 0.15) is 23.2 Å². The number of benzene rings is 2. The van der Waals surface area contributed by atoms with Crippen molar-refractivity contribution in [3.05, 3.63) is 48.0 Å². The summed E-state index contributed by atoms with van der Waals surface area (Å²) in [7, 11) is -0.898. The molecule has 0 saturated carbocycles. The van der Waals surface area contributed by atoms with Crippen LogP contribution in [0.3, 0.4) is 0 Å². The molecule has 0 bridgehead atoms. The van der Waals surface area contributed by atoms with Crippen molar-refractivity contribution in [2.75, 3.05) is 32.6 Å². The Bertz CT molecular complexity index is 1070. The van der Waals surface area contributed by atoms with E-state index < -0.39 is 21.8 Å². The fraction of sp³-hybridized carbons (Fsp3) is 0.333. The molecule has 0 unspecified atom stereocenters. The molecule has 166 valence electrons. The lowest BCUT2D eigenvalue weighted by Crippen LogP contribution is -2.43. The topological polar surface area (TPSA) is 128 Å². The molecule has 0 spiro atoms. The standard InChI is InChI=1S/C21H25N3O6S/c1-29-18-10-9-17(12-19(18)30-2)31(27,28)24-11-3-4-15(13-24)21(26)23-16-7-5-14(6-8-16)20(22)25/h5-10,12,15H,3-4,11,13H2,1-2H3,(H2,22,25)(H,23,26)/t15-/m0/s1. The fourth-order valence-corrected chi connectivity index (χ4v) is 5.00. The maximum absolute atomic E-state index is 13.1. The molecular weight excluding hydrogens is 422 g/mol. The number of hydrogen-bond acceptors (Lipinski definition) is 6. The number of anilines is 1. The average molecular weight is 448 g/mol. The Labute approximate surface area is 181 Å². The second kappa shape index (κ2) is 9.36. The molecule has 1 saturated heterocycles. The third kappa shape index (κ3) is 4.97. The third-order valence-electron chi connectivity index (χ3n) is 5.18. The minimum atomic E-state index is -3.81. The average Bonchev–Trinajstić information content (AvgIpc) is 2.78. The van der Waals surface area contributed by atoms with Gasteiger partial charge in [0, 0.05) is 30.4 Å². The number of nitrogens with one attached hydrogen (secondary N) is 1. The third-order valence-corrected chi connectivity index (χ3v) is 7.05. The molecule has 2 amide bonds. The molecule has 0 aromatic heterocycles. The zero-order valence-corrected chi connectivity index (χ0v) is 18.1. The van der Waals surface area contributed by atoms with Crippen LogP contribution in [-0.2, 0) is 14.8 Å². The number of methoxy groups -OCH3 is 2. The van der Waals surface area contributed by atoms with Crippen LogP contribution in [-0.4, -0.2) is 51.8 Å². The quantitative estimate of drug-likeness (QED) is 0.667. The number of hydrogen-bond donors (Lipinski definition) is 2. The summed E-state index contributed by atoms with van der Waals surface area (Å²) in [4.78, 5) is 24.0. The van der Waals surface area contributed by atoms with Gasteiger partial charge in [-0.25, -0.2) is 8.42 Å². The number of carbonyl (C=O) groups excluding carboxylic acids is 2. The zero-order valence-electron chi connectivity index (χ0n) is 17.3. The summed E-state index contributed by atoms with van der Waals surface area (Å²) in [5.74, 6) is -0.589. The van der Waals surface area contributed by atoms with E-state index >= 15 is 0 Å². The molecule has 1 fully saturated rings. The van der Waals surface area contributed by atoms with Gasteiger partial charge in [0.15, 0.2) is 11.5 Å². The number of nitrogens with zero attached hydrogens (tertiary/aromatic N) is 1. The predicted molar refractivity (Wildman–Crippen MR) is 115 cm³/mol. The van der Waals surface area contributed by atoms with Gasteiger partial charge >= 0.3 is 0 Å². The summed E-state index contributed by atoms with van der Waals surface area (Å²) in [6, 6.07) is 10.6. The number of primary amides is 1. The lowest BCUT2D eigenvalue weighted by Gasteiger charge is -2.31. The van der Waals surface area contributed by atoms with Crippen LogP contribution in [0.2, 0.25) is 0 Å². The van der Waals surface area contributed by atoms with E-state index in [1.807, 2.05) is 0 Å². The second-order valence-corrected chi connectivity index (χ2v) is 9.09. The normalized spacial score (nSPS) is 17.0. The Hall–Kier alpha value is -3.11. The lowest BCUT2D eigenvalue weighted by atomic mass is 9.98. The van der Waals surface area contributed by atoms with Crippen molar-refractivity contribution in [2.24, 2.45) is 11.7 Å². The van der Waals surface area contributed by atoms with E-state index in [9.17, 15) is 18.0 Å². The number of nitrogens with two attached hydrogens (primary N) is 1. The molecule has 31 heavy (non-hydrogen) atoms. The summed E-state index contributed by atoms with van der Waals surface area (Å²) < 4.78 is 38.0.